The van der Waals surface area contributed by atoms with Crippen molar-refractivity contribution >= 4 is 22.9 Å². The monoisotopic (exact) mass is 347 g/mol. The van der Waals surface area contributed by atoms with E-state index < -0.39 is 11.6 Å². The van der Waals surface area contributed by atoms with Crippen molar-refractivity contribution < 1.29 is 18.1 Å². The first-order chi connectivity index (χ1) is 11.6. The van der Waals surface area contributed by atoms with Crippen LogP contribution in [0.4, 0.5) is 14.5 Å². The average molecular weight is 347 g/mol. The van der Waals surface area contributed by atoms with Gasteiger partial charge in [-0.15, -0.1) is 11.3 Å². The van der Waals surface area contributed by atoms with Crippen LogP contribution in [0.1, 0.15) is 18.2 Å². The fraction of sp³-hybridized carbons (Fsp3) is 0.188. The molecule has 1 aliphatic heterocycles. The van der Waals surface area contributed by atoms with Crippen molar-refractivity contribution in [1.29, 1.82) is 0 Å². The maximum absolute atomic E-state index is 13.9. The van der Waals surface area contributed by atoms with Gasteiger partial charge in [0.1, 0.15) is 11.6 Å². The van der Waals surface area contributed by atoms with Crippen LogP contribution in [0.2, 0.25) is 0 Å². The molecule has 1 atom stereocenters. The quantitative estimate of drug-likeness (QED) is 0.726. The first-order valence-corrected chi connectivity index (χ1v) is 8.12. The van der Waals surface area contributed by atoms with Crippen LogP contribution in [-0.4, -0.2) is 22.6 Å². The summed E-state index contributed by atoms with van der Waals surface area (Å²) in [7, 11) is 0. The van der Waals surface area contributed by atoms with Crippen LogP contribution in [0.5, 0.6) is 0 Å². The summed E-state index contributed by atoms with van der Waals surface area (Å²) in [4.78, 5) is 18.6. The molecule has 24 heavy (non-hydrogen) atoms. The highest BCUT2D eigenvalue weighted by molar-refractivity contribution is 7.13. The van der Waals surface area contributed by atoms with Crippen molar-refractivity contribution in [2.24, 2.45) is 0 Å². The summed E-state index contributed by atoms with van der Waals surface area (Å²) in [6.07, 6.45) is 0.113. The SMILES string of the molecule is O=C1CC(c2nc(-c3cccs3)no2)CN1c1cc(F)ccc1F. The number of carbonyl (C=O) groups is 1. The van der Waals surface area contributed by atoms with Gasteiger partial charge in [-0.05, 0) is 23.6 Å². The standard InChI is InChI=1S/C16H11F2N3O2S/c17-10-3-4-11(18)12(7-10)21-8-9(6-14(21)22)16-19-15(20-23-16)13-2-1-5-24-13/h1-5,7,9H,6,8H2. The first kappa shape index (κ1) is 14.9. The molecular formula is C16H11F2N3O2S. The van der Waals surface area contributed by atoms with E-state index >= 15 is 0 Å². The van der Waals surface area contributed by atoms with E-state index in [0.717, 1.165) is 23.1 Å². The first-order valence-electron chi connectivity index (χ1n) is 7.24. The molecule has 0 N–H and O–H groups in total. The Morgan fingerprint density at radius 2 is 2.17 bits per heavy atom. The van der Waals surface area contributed by atoms with Crippen molar-refractivity contribution in [3.05, 3.63) is 53.2 Å². The van der Waals surface area contributed by atoms with E-state index in [2.05, 4.69) is 10.1 Å². The molecule has 0 saturated carbocycles. The summed E-state index contributed by atoms with van der Waals surface area (Å²) >= 11 is 1.48. The number of carbonyl (C=O) groups excluding carboxylic acids is 1. The van der Waals surface area contributed by atoms with Gasteiger partial charge in [0.05, 0.1) is 16.5 Å². The van der Waals surface area contributed by atoms with Crippen molar-refractivity contribution in [3.63, 3.8) is 0 Å². The lowest BCUT2D eigenvalue weighted by atomic mass is 10.1. The second kappa shape index (κ2) is 5.79. The van der Waals surface area contributed by atoms with Gasteiger partial charge in [0.15, 0.2) is 0 Å². The predicted octanol–water partition coefficient (Wildman–Crippen LogP) is 3.60. The van der Waals surface area contributed by atoms with Gasteiger partial charge in [-0.25, -0.2) is 8.78 Å². The zero-order valence-electron chi connectivity index (χ0n) is 12.3. The molecule has 0 radical (unpaired) electrons. The molecule has 1 fully saturated rings. The number of hydrogen-bond donors (Lipinski definition) is 0. The number of hydrogen-bond acceptors (Lipinski definition) is 5. The molecule has 5 nitrogen and oxygen atoms in total. The van der Waals surface area contributed by atoms with E-state index in [1.165, 1.54) is 16.2 Å². The molecular weight excluding hydrogens is 336 g/mol. The topological polar surface area (TPSA) is 59.2 Å². The molecule has 2 aromatic heterocycles. The molecule has 1 aliphatic rings. The van der Waals surface area contributed by atoms with Gasteiger partial charge in [-0.2, -0.15) is 4.98 Å². The third-order valence-corrected chi connectivity index (χ3v) is 4.72. The van der Waals surface area contributed by atoms with E-state index in [4.69, 9.17) is 4.52 Å². The lowest BCUT2D eigenvalue weighted by Gasteiger charge is -2.16. The summed E-state index contributed by atoms with van der Waals surface area (Å²) in [5, 5.41) is 5.82. The number of amides is 1. The molecule has 3 aromatic rings. The minimum Gasteiger partial charge on any atom is -0.339 e. The molecule has 1 saturated heterocycles. The smallest absolute Gasteiger partial charge is 0.232 e. The van der Waals surface area contributed by atoms with E-state index in [1.54, 1.807) is 0 Å². The maximum Gasteiger partial charge on any atom is 0.232 e. The summed E-state index contributed by atoms with van der Waals surface area (Å²) in [5.74, 6) is -1.11. The van der Waals surface area contributed by atoms with Crippen LogP contribution in [-0.2, 0) is 4.79 Å². The van der Waals surface area contributed by atoms with Crippen LogP contribution in [0.15, 0.2) is 40.2 Å². The van der Waals surface area contributed by atoms with Crippen LogP contribution in [0, 0.1) is 11.6 Å². The number of benzene rings is 1. The minimum atomic E-state index is -0.643. The van der Waals surface area contributed by atoms with Gasteiger partial charge >= 0.3 is 0 Å². The summed E-state index contributed by atoms with van der Waals surface area (Å²) in [6, 6.07) is 6.78. The van der Waals surface area contributed by atoms with Crippen molar-refractivity contribution in [1.82, 2.24) is 10.1 Å². The molecule has 0 bridgehead atoms. The molecule has 0 aliphatic carbocycles. The summed E-state index contributed by atoms with van der Waals surface area (Å²) < 4.78 is 32.5. The number of halogens is 2. The highest BCUT2D eigenvalue weighted by atomic mass is 32.1. The minimum absolute atomic E-state index is 0.0690. The van der Waals surface area contributed by atoms with Gasteiger partial charge in [-0.3, -0.25) is 4.79 Å². The Balaban J connectivity index is 1.59. The molecule has 122 valence electrons. The maximum atomic E-state index is 13.9. The Bertz CT molecular complexity index is 895. The lowest BCUT2D eigenvalue weighted by Crippen LogP contribution is -2.25. The molecule has 8 heteroatoms. The van der Waals surface area contributed by atoms with E-state index in [-0.39, 0.29) is 30.5 Å². The second-order valence-corrected chi connectivity index (χ2v) is 6.38. The zero-order chi connectivity index (χ0) is 16.7. The number of nitrogens with zero attached hydrogens (tertiary/aromatic N) is 3. The van der Waals surface area contributed by atoms with E-state index in [9.17, 15) is 13.6 Å². The van der Waals surface area contributed by atoms with Crippen LogP contribution in [0.3, 0.4) is 0 Å². The number of aromatic nitrogens is 2. The normalized spacial score (nSPS) is 17.7. The third kappa shape index (κ3) is 2.58. The van der Waals surface area contributed by atoms with Crippen molar-refractivity contribution in [2.75, 3.05) is 11.4 Å². The van der Waals surface area contributed by atoms with E-state index in [1.807, 2.05) is 17.5 Å². The van der Waals surface area contributed by atoms with Gasteiger partial charge < -0.3 is 9.42 Å². The van der Waals surface area contributed by atoms with Crippen LogP contribution in [0.25, 0.3) is 10.7 Å². The molecule has 4 rings (SSSR count). The molecule has 1 unspecified atom stereocenters. The summed E-state index contributed by atoms with van der Waals surface area (Å²) in [5.41, 5.74) is -0.0690. The zero-order valence-corrected chi connectivity index (χ0v) is 13.1. The fourth-order valence-electron chi connectivity index (χ4n) is 2.71. The molecule has 3 heterocycles. The highest BCUT2D eigenvalue weighted by Crippen LogP contribution is 2.33. The Kier molecular flexibility index (Phi) is 3.61. The summed E-state index contributed by atoms with van der Waals surface area (Å²) in [6.45, 7) is 0.172. The second-order valence-electron chi connectivity index (χ2n) is 5.43. The molecule has 1 aromatic carbocycles. The average Bonchev–Trinajstić information content (AvgIpc) is 3.28. The predicted molar refractivity (Wildman–Crippen MR) is 83.7 cm³/mol. The fourth-order valence-corrected chi connectivity index (χ4v) is 3.35. The van der Waals surface area contributed by atoms with Gasteiger partial charge in [0.2, 0.25) is 17.6 Å². The number of anilines is 1. The Morgan fingerprint density at radius 3 is 2.96 bits per heavy atom. The number of thiophene rings is 1. The van der Waals surface area contributed by atoms with Gasteiger partial charge in [-0.1, -0.05) is 11.2 Å². The number of rotatable bonds is 3. The Labute approximate surface area is 139 Å². The van der Waals surface area contributed by atoms with Crippen molar-refractivity contribution in [3.8, 4) is 10.7 Å². The van der Waals surface area contributed by atoms with Crippen LogP contribution >= 0.6 is 11.3 Å². The lowest BCUT2D eigenvalue weighted by molar-refractivity contribution is -0.117. The highest BCUT2D eigenvalue weighted by Gasteiger charge is 2.36. The third-order valence-electron chi connectivity index (χ3n) is 3.86. The Hall–Kier alpha value is -2.61. The Morgan fingerprint density at radius 1 is 1.29 bits per heavy atom. The van der Waals surface area contributed by atoms with Crippen molar-refractivity contribution in [2.45, 2.75) is 12.3 Å². The van der Waals surface area contributed by atoms with Crippen LogP contribution < -0.4 is 4.90 Å². The molecule has 0 spiro atoms. The van der Waals surface area contributed by atoms with Gasteiger partial charge in [0.25, 0.3) is 0 Å². The van der Waals surface area contributed by atoms with E-state index in [0.29, 0.717) is 11.7 Å². The largest absolute Gasteiger partial charge is 0.339 e. The molecule has 1 amide bonds. The van der Waals surface area contributed by atoms with Gasteiger partial charge in [0, 0.05) is 19.0 Å².